The van der Waals surface area contributed by atoms with Crippen molar-refractivity contribution in [2.75, 3.05) is 27.9 Å². The van der Waals surface area contributed by atoms with E-state index in [9.17, 15) is 9.59 Å². The van der Waals surface area contributed by atoms with E-state index in [1.165, 1.54) is 4.90 Å². The Balaban J connectivity index is 1.68. The van der Waals surface area contributed by atoms with E-state index in [-0.39, 0.29) is 12.6 Å². The SMILES string of the molecule is COc1ccc(C2(c3ccc(OC)cc3)NC(=O)N(CN(C)Cc3ccccc3)C2=O)cc1. The van der Waals surface area contributed by atoms with Crippen LogP contribution in [-0.2, 0) is 16.9 Å². The molecule has 3 amide bonds. The largest absolute Gasteiger partial charge is 0.497 e. The molecule has 1 saturated heterocycles. The summed E-state index contributed by atoms with van der Waals surface area (Å²) < 4.78 is 10.5. The summed E-state index contributed by atoms with van der Waals surface area (Å²) in [6.45, 7) is 0.767. The first kappa shape index (κ1) is 22.4. The van der Waals surface area contributed by atoms with Crippen molar-refractivity contribution in [3.63, 3.8) is 0 Å². The maximum atomic E-state index is 13.9. The van der Waals surface area contributed by atoms with E-state index < -0.39 is 11.6 Å². The second-order valence-electron chi connectivity index (χ2n) is 8.01. The first-order valence-corrected chi connectivity index (χ1v) is 10.6. The number of methoxy groups -OCH3 is 2. The highest BCUT2D eigenvalue weighted by molar-refractivity contribution is 6.09. The maximum Gasteiger partial charge on any atom is 0.326 e. The van der Waals surface area contributed by atoms with E-state index in [4.69, 9.17) is 9.47 Å². The molecule has 0 aliphatic carbocycles. The van der Waals surface area contributed by atoms with Gasteiger partial charge in [0.1, 0.15) is 11.5 Å². The number of hydrogen-bond acceptors (Lipinski definition) is 5. The van der Waals surface area contributed by atoms with Gasteiger partial charge in [0.05, 0.1) is 20.9 Å². The van der Waals surface area contributed by atoms with Crippen LogP contribution in [0.25, 0.3) is 0 Å². The normalized spacial score (nSPS) is 15.0. The zero-order chi connectivity index (χ0) is 23.4. The van der Waals surface area contributed by atoms with Crippen molar-refractivity contribution in [1.29, 1.82) is 0 Å². The molecule has 7 heteroatoms. The van der Waals surface area contributed by atoms with Crippen LogP contribution in [0.5, 0.6) is 11.5 Å². The molecule has 0 radical (unpaired) electrons. The molecular formula is C26H27N3O4. The quantitative estimate of drug-likeness (QED) is 0.537. The Bertz CT molecular complexity index is 1070. The topological polar surface area (TPSA) is 71.1 Å². The van der Waals surface area contributed by atoms with Gasteiger partial charge < -0.3 is 14.8 Å². The predicted octanol–water partition coefficient (Wildman–Crippen LogP) is 3.59. The molecule has 4 rings (SSSR count). The van der Waals surface area contributed by atoms with Gasteiger partial charge >= 0.3 is 6.03 Å². The zero-order valence-corrected chi connectivity index (χ0v) is 18.9. The highest BCUT2D eigenvalue weighted by Gasteiger charge is 2.53. The molecule has 1 aliphatic rings. The van der Waals surface area contributed by atoms with E-state index in [2.05, 4.69) is 5.32 Å². The van der Waals surface area contributed by atoms with Crippen LogP contribution in [0, 0.1) is 0 Å². The molecule has 1 N–H and O–H groups in total. The van der Waals surface area contributed by atoms with Crippen molar-refractivity contribution in [2.24, 2.45) is 0 Å². The number of urea groups is 1. The summed E-state index contributed by atoms with van der Waals surface area (Å²) in [5.74, 6) is 1.00. The van der Waals surface area contributed by atoms with E-state index in [0.29, 0.717) is 29.2 Å². The summed E-state index contributed by atoms with van der Waals surface area (Å²) in [4.78, 5) is 30.2. The van der Waals surface area contributed by atoms with Gasteiger partial charge in [-0.05, 0) is 48.0 Å². The number of amides is 3. The van der Waals surface area contributed by atoms with Gasteiger partial charge in [-0.3, -0.25) is 9.69 Å². The first-order chi connectivity index (χ1) is 16.0. The predicted molar refractivity (Wildman–Crippen MR) is 125 cm³/mol. The minimum absolute atomic E-state index is 0.160. The molecule has 0 atom stereocenters. The highest BCUT2D eigenvalue weighted by Crippen LogP contribution is 2.37. The molecule has 1 fully saturated rings. The molecule has 0 aromatic heterocycles. The summed E-state index contributed by atoms with van der Waals surface area (Å²) in [7, 11) is 5.05. The Hall–Kier alpha value is -3.84. The minimum atomic E-state index is -1.34. The number of carbonyl (C=O) groups excluding carboxylic acids is 2. The number of imide groups is 1. The Labute approximate surface area is 193 Å². The van der Waals surface area contributed by atoms with Crippen molar-refractivity contribution in [2.45, 2.75) is 12.1 Å². The molecule has 170 valence electrons. The molecule has 1 aliphatic heterocycles. The third-order valence-electron chi connectivity index (χ3n) is 5.83. The fraction of sp³-hybridized carbons (Fsp3) is 0.231. The zero-order valence-electron chi connectivity index (χ0n) is 18.9. The van der Waals surface area contributed by atoms with Gasteiger partial charge in [-0.2, -0.15) is 0 Å². The lowest BCUT2D eigenvalue weighted by molar-refractivity contribution is -0.131. The van der Waals surface area contributed by atoms with Gasteiger partial charge in [0.2, 0.25) is 0 Å². The number of nitrogens with one attached hydrogen (secondary N) is 1. The Morgan fingerprint density at radius 2 is 1.33 bits per heavy atom. The van der Waals surface area contributed by atoms with Crippen molar-refractivity contribution in [1.82, 2.24) is 15.1 Å². The van der Waals surface area contributed by atoms with Crippen molar-refractivity contribution in [3.8, 4) is 11.5 Å². The second kappa shape index (κ2) is 9.34. The molecule has 3 aromatic rings. The van der Waals surface area contributed by atoms with Crippen LogP contribution in [0.4, 0.5) is 4.79 Å². The van der Waals surface area contributed by atoms with Crippen molar-refractivity contribution in [3.05, 3.63) is 95.6 Å². The Kier molecular flexibility index (Phi) is 6.33. The molecule has 0 saturated carbocycles. The second-order valence-corrected chi connectivity index (χ2v) is 8.01. The first-order valence-electron chi connectivity index (χ1n) is 10.6. The van der Waals surface area contributed by atoms with E-state index in [1.54, 1.807) is 62.8 Å². The summed E-state index contributed by atoms with van der Waals surface area (Å²) in [6, 6.07) is 23.8. The summed E-state index contributed by atoms with van der Waals surface area (Å²) in [5.41, 5.74) is 1.06. The number of benzene rings is 3. The van der Waals surface area contributed by atoms with Crippen LogP contribution in [0.3, 0.4) is 0 Å². The highest BCUT2D eigenvalue weighted by atomic mass is 16.5. The third-order valence-corrected chi connectivity index (χ3v) is 5.83. The van der Waals surface area contributed by atoms with Crippen LogP contribution in [0.2, 0.25) is 0 Å². The molecule has 3 aromatic carbocycles. The van der Waals surface area contributed by atoms with Crippen molar-refractivity contribution < 1.29 is 19.1 Å². The lowest BCUT2D eigenvalue weighted by Crippen LogP contribution is -2.46. The van der Waals surface area contributed by atoms with Crippen LogP contribution < -0.4 is 14.8 Å². The number of nitrogens with zero attached hydrogens (tertiary/aromatic N) is 2. The average Bonchev–Trinajstić information content (AvgIpc) is 3.10. The smallest absolute Gasteiger partial charge is 0.326 e. The van der Waals surface area contributed by atoms with Gasteiger partial charge in [0, 0.05) is 6.54 Å². The average molecular weight is 446 g/mol. The van der Waals surface area contributed by atoms with Gasteiger partial charge in [-0.15, -0.1) is 0 Å². The molecule has 7 nitrogen and oxygen atoms in total. The Morgan fingerprint density at radius 1 is 0.818 bits per heavy atom. The lowest BCUT2D eigenvalue weighted by atomic mass is 9.82. The van der Waals surface area contributed by atoms with Crippen LogP contribution in [0.15, 0.2) is 78.9 Å². The van der Waals surface area contributed by atoms with Gasteiger partial charge in [-0.1, -0.05) is 54.6 Å². The number of hydrogen-bond donors (Lipinski definition) is 1. The van der Waals surface area contributed by atoms with E-state index in [1.807, 2.05) is 42.3 Å². The molecule has 0 bridgehead atoms. The summed E-state index contributed by atoms with van der Waals surface area (Å²) >= 11 is 0. The summed E-state index contributed by atoms with van der Waals surface area (Å²) in [6.07, 6.45) is 0. The number of carbonyl (C=O) groups is 2. The van der Waals surface area contributed by atoms with Crippen LogP contribution in [0.1, 0.15) is 16.7 Å². The van der Waals surface area contributed by atoms with E-state index in [0.717, 1.165) is 5.56 Å². The number of rotatable bonds is 8. The summed E-state index contributed by atoms with van der Waals surface area (Å²) in [5, 5.41) is 2.97. The molecule has 0 unspecified atom stereocenters. The van der Waals surface area contributed by atoms with E-state index >= 15 is 0 Å². The van der Waals surface area contributed by atoms with Crippen molar-refractivity contribution >= 4 is 11.9 Å². The minimum Gasteiger partial charge on any atom is -0.497 e. The van der Waals surface area contributed by atoms with Crippen LogP contribution >= 0.6 is 0 Å². The standard InChI is InChI=1S/C26H27N3O4/c1-28(17-19-7-5-4-6-8-19)18-29-24(30)26(27-25(29)31,20-9-13-22(32-2)14-10-20)21-11-15-23(33-3)16-12-21/h4-16H,17-18H2,1-3H3,(H,27,31). The monoisotopic (exact) mass is 445 g/mol. The molecular weight excluding hydrogens is 418 g/mol. The van der Waals surface area contributed by atoms with Gasteiger partial charge in [0.15, 0.2) is 5.54 Å². The maximum absolute atomic E-state index is 13.9. The molecule has 33 heavy (non-hydrogen) atoms. The lowest BCUT2D eigenvalue weighted by Gasteiger charge is -2.29. The fourth-order valence-electron chi connectivity index (χ4n) is 4.13. The number of ether oxygens (including phenoxy) is 2. The van der Waals surface area contributed by atoms with Crippen LogP contribution in [-0.4, -0.2) is 49.7 Å². The molecule has 1 heterocycles. The Morgan fingerprint density at radius 3 is 1.82 bits per heavy atom. The van der Waals surface area contributed by atoms with Gasteiger partial charge in [-0.25, -0.2) is 9.69 Å². The van der Waals surface area contributed by atoms with Gasteiger partial charge in [0.25, 0.3) is 5.91 Å². The fourth-order valence-corrected chi connectivity index (χ4v) is 4.13. The molecule has 0 spiro atoms. The third kappa shape index (κ3) is 4.27.